The number of aromatic hydroxyl groups is 2. The second-order valence-electron chi connectivity index (χ2n) is 6.43. The Morgan fingerprint density at radius 2 is 1.41 bits per heavy atom. The van der Waals surface area contributed by atoms with Crippen LogP contribution in [0.1, 0.15) is 30.4 Å². The van der Waals surface area contributed by atoms with E-state index < -0.39 is 0 Å². The van der Waals surface area contributed by atoms with Gasteiger partial charge in [-0.15, -0.1) is 0 Å². The summed E-state index contributed by atoms with van der Waals surface area (Å²) in [5.41, 5.74) is 3.53. The van der Waals surface area contributed by atoms with E-state index >= 15 is 0 Å². The molecule has 3 rings (SSSR count). The van der Waals surface area contributed by atoms with E-state index in [0.29, 0.717) is 24.3 Å². The first-order valence-electron chi connectivity index (χ1n) is 8.67. The molecule has 0 atom stereocenters. The minimum atomic E-state index is 0.0733. The molecule has 1 fully saturated rings. The molecule has 1 aliphatic rings. The molecular weight excluding hydrogens is 344 g/mol. The lowest BCUT2D eigenvalue weighted by atomic mass is 9.87. The van der Waals surface area contributed by atoms with Gasteiger partial charge in [-0.1, -0.05) is 23.8 Å². The molecule has 0 amide bonds. The van der Waals surface area contributed by atoms with Crippen LogP contribution in [0.15, 0.2) is 47.5 Å². The minimum absolute atomic E-state index is 0.0733. The normalized spacial score (nSPS) is 17.3. The van der Waals surface area contributed by atoms with Crippen molar-refractivity contribution in [2.45, 2.75) is 19.3 Å². The number of phenolic OH excluding ortho intramolecular Hbond substituents is 2. The summed E-state index contributed by atoms with van der Waals surface area (Å²) >= 11 is 0. The Balaban J connectivity index is 1.77. The number of rotatable bonds is 4. The highest BCUT2D eigenvalue weighted by Gasteiger charge is 2.19. The van der Waals surface area contributed by atoms with Gasteiger partial charge >= 0.3 is 0 Å². The number of hydrogen-bond acceptors (Lipinski definition) is 5. The van der Waals surface area contributed by atoms with E-state index in [9.17, 15) is 15.0 Å². The molecule has 0 spiro atoms. The number of allylic oxidation sites excluding steroid dienone is 2. The number of methoxy groups -OCH3 is 2. The highest BCUT2D eigenvalue weighted by atomic mass is 16.5. The maximum atomic E-state index is 12.5. The Morgan fingerprint density at radius 3 is 1.93 bits per heavy atom. The molecule has 0 aliphatic heterocycles. The highest BCUT2D eigenvalue weighted by Crippen LogP contribution is 2.32. The Bertz CT molecular complexity index is 924. The first-order chi connectivity index (χ1) is 13.0. The van der Waals surface area contributed by atoms with Crippen LogP contribution in [0.4, 0.5) is 0 Å². The van der Waals surface area contributed by atoms with E-state index in [1.165, 1.54) is 14.2 Å². The molecule has 0 heterocycles. The smallest absolute Gasteiger partial charge is 0.162 e. The van der Waals surface area contributed by atoms with Gasteiger partial charge in [-0.25, -0.2) is 0 Å². The van der Waals surface area contributed by atoms with Crippen LogP contribution in [0.25, 0.3) is 12.2 Å². The number of phenols is 2. The van der Waals surface area contributed by atoms with Gasteiger partial charge in [0, 0.05) is 6.42 Å². The van der Waals surface area contributed by atoms with E-state index in [-0.39, 0.29) is 17.3 Å². The first-order valence-corrected chi connectivity index (χ1v) is 8.67. The van der Waals surface area contributed by atoms with Crippen LogP contribution in [0, 0.1) is 0 Å². The summed E-state index contributed by atoms with van der Waals surface area (Å²) in [6, 6.07) is 10.2. The molecule has 0 bridgehead atoms. The van der Waals surface area contributed by atoms with Crippen molar-refractivity contribution in [3.05, 3.63) is 58.7 Å². The molecule has 2 N–H and O–H groups in total. The predicted molar refractivity (Wildman–Crippen MR) is 104 cm³/mol. The van der Waals surface area contributed by atoms with E-state index in [1.54, 1.807) is 36.4 Å². The number of Topliss-reactive ketones (excluding diaryl/α,β-unsaturated/α-hetero) is 1. The van der Waals surface area contributed by atoms with Crippen LogP contribution in [-0.4, -0.2) is 30.2 Å². The van der Waals surface area contributed by atoms with Gasteiger partial charge in [-0.05, 0) is 59.9 Å². The van der Waals surface area contributed by atoms with Crippen molar-refractivity contribution in [3.8, 4) is 23.0 Å². The lowest BCUT2D eigenvalue weighted by Crippen LogP contribution is -2.10. The third-order valence-corrected chi connectivity index (χ3v) is 4.58. The van der Waals surface area contributed by atoms with Gasteiger partial charge in [0.1, 0.15) is 0 Å². The second kappa shape index (κ2) is 7.99. The topological polar surface area (TPSA) is 76.0 Å². The molecular formula is C22H22O5. The highest BCUT2D eigenvalue weighted by molar-refractivity contribution is 6.02. The molecule has 1 saturated carbocycles. The van der Waals surface area contributed by atoms with Crippen LogP contribution >= 0.6 is 0 Å². The standard InChI is InChI=1S/C22H22O5/c1-26-21-12-15(4-7-18(21)23)9-14-3-6-17(20(25)11-14)10-16-5-8-19(24)22(13-16)27-2/h4-5,7-10,12-13,23-24H,3,6,11H2,1-2H3/b14-9-,17-10+. The summed E-state index contributed by atoms with van der Waals surface area (Å²) in [6.07, 6.45) is 5.63. The molecule has 0 aromatic heterocycles. The zero-order valence-corrected chi connectivity index (χ0v) is 15.4. The molecule has 0 saturated heterocycles. The Morgan fingerprint density at radius 1 is 0.852 bits per heavy atom. The quantitative estimate of drug-likeness (QED) is 0.788. The molecule has 27 heavy (non-hydrogen) atoms. The van der Waals surface area contributed by atoms with Crippen LogP contribution in [0.3, 0.4) is 0 Å². The molecule has 5 heteroatoms. The second-order valence-corrected chi connectivity index (χ2v) is 6.43. The van der Waals surface area contributed by atoms with Gasteiger partial charge < -0.3 is 19.7 Å². The number of carbonyl (C=O) groups excluding carboxylic acids is 1. The molecule has 140 valence electrons. The summed E-state index contributed by atoms with van der Waals surface area (Å²) in [7, 11) is 3.00. The van der Waals surface area contributed by atoms with Gasteiger partial charge in [-0.3, -0.25) is 4.79 Å². The molecule has 0 radical (unpaired) electrons. The van der Waals surface area contributed by atoms with E-state index in [2.05, 4.69) is 0 Å². The summed E-state index contributed by atoms with van der Waals surface area (Å²) in [6.45, 7) is 0. The van der Waals surface area contributed by atoms with Crippen molar-refractivity contribution in [2.24, 2.45) is 0 Å². The lowest BCUT2D eigenvalue weighted by Gasteiger charge is -2.17. The molecule has 1 aliphatic carbocycles. The molecule has 0 unspecified atom stereocenters. The monoisotopic (exact) mass is 366 g/mol. The molecule has 2 aromatic carbocycles. The average molecular weight is 366 g/mol. The Kier molecular flexibility index (Phi) is 5.50. The summed E-state index contributed by atoms with van der Waals surface area (Å²) < 4.78 is 10.2. The van der Waals surface area contributed by atoms with Gasteiger partial charge in [-0.2, -0.15) is 0 Å². The van der Waals surface area contributed by atoms with Crippen LogP contribution in [0.2, 0.25) is 0 Å². The van der Waals surface area contributed by atoms with Gasteiger partial charge in [0.25, 0.3) is 0 Å². The lowest BCUT2D eigenvalue weighted by molar-refractivity contribution is -0.115. The van der Waals surface area contributed by atoms with Gasteiger partial charge in [0.05, 0.1) is 14.2 Å². The summed E-state index contributed by atoms with van der Waals surface area (Å²) in [5.74, 6) is 1.05. The number of hydrogen-bond donors (Lipinski definition) is 2. The summed E-state index contributed by atoms with van der Waals surface area (Å²) in [5, 5.41) is 19.4. The van der Waals surface area contributed by atoms with Crippen molar-refractivity contribution in [3.63, 3.8) is 0 Å². The number of ketones is 1. The summed E-state index contributed by atoms with van der Waals surface area (Å²) in [4.78, 5) is 12.5. The van der Waals surface area contributed by atoms with Crippen molar-refractivity contribution in [1.82, 2.24) is 0 Å². The van der Waals surface area contributed by atoms with E-state index in [1.807, 2.05) is 12.2 Å². The zero-order valence-electron chi connectivity index (χ0n) is 15.4. The fraction of sp³-hybridized carbons (Fsp3) is 0.227. The third-order valence-electron chi connectivity index (χ3n) is 4.58. The fourth-order valence-electron chi connectivity index (χ4n) is 3.12. The van der Waals surface area contributed by atoms with E-state index in [4.69, 9.17) is 9.47 Å². The van der Waals surface area contributed by atoms with E-state index in [0.717, 1.165) is 28.7 Å². The zero-order chi connectivity index (χ0) is 19.4. The molecule has 5 nitrogen and oxygen atoms in total. The van der Waals surface area contributed by atoms with Crippen molar-refractivity contribution < 1.29 is 24.5 Å². The van der Waals surface area contributed by atoms with Crippen LogP contribution in [-0.2, 0) is 4.79 Å². The van der Waals surface area contributed by atoms with Crippen LogP contribution < -0.4 is 9.47 Å². The largest absolute Gasteiger partial charge is 0.504 e. The Hall–Kier alpha value is -3.21. The molecule has 2 aromatic rings. The maximum Gasteiger partial charge on any atom is 0.162 e. The van der Waals surface area contributed by atoms with Gasteiger partial charge in [0.2, 0.25) is 0 Å². The average Bonchev–Trinajstić information content (AvgIpc) is 2.67. The number of benzene rings is 2. The Labute approximate surface area is 158 Å². The minimum Gasteiger partial charge on any atom is -0.504 e. The third kappa shape index (κ3) is 4.31. The van der Waals surface area contributed by atoms with Crippen molar-refractivity contribution in [2.75, 3.05) is 14.2 Å². The number of carbonyl (C=O) groups is 1. The predicted octanol–water partition coefficient (Wildman–Crippen LogP) is 4.34. The maximum absolute atomic E-state index is 12.5. The van der Waals surface area contributed by atoms with Gasteiger partial charge in [0.15, 0.2) is 28.8 Å². The van der Waals surface area contributed by atoms with Crippen molar-refractivity contribution >= 4 is 17.9 Å². The van der Waals surface area contributed by atoms with Crippen LogP contribution in [0.5, 0.6) is 23.0 Å². The first kappa shape index (κ1) is 18.6. The fourth-order valence-corrected chi connectivity index (χ4v) is 3.12. The van der Waals surface area contributed by atoms with Crippen molar-refractivity contribution in [1.29, 1.82) is 0 Å². The number of ether oxygens (including phenoxy) is 2. The SMILES string of the molecule is COc1cc(/C=C2/CC/C(=C\c3ccc(O)c(OC)c3)C(=O)C2)ccc1O.